The van der Waals surface area contributed by atoms with Gasteiger partial charge in [-0.05, 0) is 38.6 Å². The summed E-state index contributed by atoms with van der Waals surface area (Å²) in [7, 11) is 0. The van der Waals surface area contributed by atoms with Crippen LogP contribution in [0.25, 0.3) is 0 Å². The molecule has 13 heavy (non-hydrogen) atoms. The molecule has 1 aliphatic heterocycles. The van der Waals surface area contributed by atoms with Crippen LogP contribution in [0.2, 0.25) is 0 Å². The molecule has 0 spiro atoms. The number of nitrogens with two attached hydrogens (primary N) is 1. The highest BCUT2D eigenvalue weighted by atomic mass is 15.2. The van der Waals surface area contributed by atoms with E-state index in [2.05, 4.69) is 25.7 Å². The molecule has 0 aliphatic carbocycles. The fraction of sp³-hybridized carbons (Fsp3) is 1.00. The lowest BCUT2D eigenvalue weighted by molar-refractivity contribution is 0.121. The summed E-state index contributed by atoms with van der Waals surface area (Å²) in [6.45, 7) is 9.28. The maximum absolute atomic E-state index is 6.05. The number of rotatable bonds is 3. The summed E-state index contributed by atoms with van der Waals surface area (Å²) in [5.41, 5.74) is 6.05. The zero-order chi connectivity index (χ0) is 9.84. The van der Waals surface area contributed by atoms with Gasteiger partial charge in [0.1, 0.15) is 0 Å². The molecule has 1 fully saturated rings. The Kier molecular flexibility index (Phi) is 4.20. The second-order valence-electron chi connectivity index (χ2n) is 4.56. The average molecular weight is 184 g/mol. The number of nitrogens with zero attached hydrogens (tertiary/aromatic N) is 1. The zero-order valence-corrected chi connectivity index (χ0v) is 9.29. The molecule has 2 N–H and O–H groups in total. The lowest BCUT2D eigenvalue weighted by Gasteiger charge is -2.38. The molecule has 0 saturated carbocycles. The van der Waals surface area contributed by atoms with Crippen LogP contribution in [0.3, 0.4) is 0 Å². The van der Waals surface area contributed by atoms with Crippen LogP contribution in [-0.4, -0.2) is 30.1 Å². The predicted molar refractivity (Wildman–Crippen MR) is 57.7 cm³/mol. The van der Waals surface area contributed by atoms with Gasteiger partial charge in [0.2, 0.25) is 0 Å². The van der Waals surface area contributed by atoms with Gasteiger partial charge in [-0.1, -0.05) is 13.8 Å². The molecule has 2 heteroatoms. The van der Waals surface area contributed by atoms with Crippen LogP contribution in [0.4, 0.5) is 0 Å². The van der Waals surface area contributed by atoms with Gasteiger partial charge in [-0.3, -0.25) is 4.90 Å². The van der Waals surface area contributed by atoms with Crippen molar-refractivity contribution in [3.05, 3.63) is 0 Å². The fourth-order valence-corrected chi connectivity index (χ4v) is 2.21. The Bertz CT molecular complexity index is 147. The lowest BCUT2D eigenvalue weighted by Crippen LogP contribution is -2.49. The van der Waals surface area contributed by atoms with Gasteiger partial charge in [-0.15, -0.1) is 0 Å². The minimum atomic E-state index is 0.352. The van der Waals surface area contributed by atoms with Gasteiger partial charge in [0.15, 0.2) is 0 Å². The van der Waals surface area contributed by atoms with E-state index >= 15 is 0 Å². The first kappa shape index (κ1) is 11.0. The molecular weight excluding hydrogens is 160 g/mol. The molecule has 0 aromatic rings. The van der Waals surface area contributed by atoms with Crippen LogP contribution < -0.4 is 5.73 Å². The van der Waals surface area contributed by atoms with Gasteiger partial charge in [0, 0.05) is 18.6 Å². The molecule has 0 amide bonds. The Balaban J connectivity index is 2.41. The van der Waals surface area contributed by atoms with E-state index in [4.69, 9.17) is 5.73 Å². The van der Waals surface area contributed by atoms with Crippen LogP contribution >= 0.6 is 0 Å². The van der Waals surface area contributed by atoms with E-state index in [1.807, 2.05) is 0 Å². The number of hydrogen-bond acceptors (Lipinski definition) is 2. The van der Waals surface area contributed by atoms with Crippen molar-refractivity contribution in [3.63, 3.8) is 0 Å². The summed E-state index contributed by atoms with van der Waals surface area (Å²) in [5.74, 6) is 0.861. The largest absolute Gasteiger partial charge is 0.326 e. The summed E-state index contributed by atoms with van der Waals surface area (Å²) < 4.78 is 0. The normalized spacial score (nSPS) is 30.0. The maximum atomic E-state index is 6.05. The standard InChI is InChI=1S/C11H24N2/c1-4-11(12)10(3)13-7-5-6-9(2)8-13/h9-11H,4-8,12H2,1-3H3. The molecule has 3 unspecified atom stereocenters. The SMILES string of the molecule is CCC(N)C(C)N1CCCC(C)C1. The van der Waals surface area contributed by atoms with E-state index in [0.29, 0.717) is 12.1 Å². The molecule has 1 aliphatic rings. The molecule has 2 nitrogen and oxygen atoms in total. The van der Waals surface area contributed by atoms with E-state index in [9.17, 15) is 0 Å². The van der Waals surface area contributed by atoms with Gasteiger partial charge >= 0.3 is 0 Å². The third kappa shape index (κ3) is 2.96. The van der Waals surface area contributed by atoms with Crippen molar-refractivity contribution in [2.24, 2.45) is 11.7 Å². The third-order valence-corrected chi connectivity index (χ3v) is 3.36. The molecule has 0 radical (unpaired) electrons. The van der Waals surface area contributed by atoms with E-state index in [1.54, 1.807) is 0 Å². The van der Waals surface area contributed by atoms with Crippen LogP contribution in [0.5, 0.6) is 0 Å². The van der Waals surface area contributed by atoms with Gasteiger partial charge < -0.3 is 5.73 Å². The second-order valence-corrected chi connectivity index (χ2v) is 4.56. The molecule has 0 aromatic heterocycles. The Morgan fingerprint density at radius 3 is 2.77 bits per heavy atom. The highest BCUT2D eigenvalue weighted by Gasteiger charge is 2.23. The van der Waals surface area contributed by atoms with Crippen molar-refractivity contribution in [3.8, 4) is 0 Å². The highest BCUT2D eigenvalue weighted by Crippen LogP contribution is 2.18. The van der Waals surface area contributed by atoms with Crippen molar-refractivity contribution in [1.29, 1.82) is 0 Å². The maximum Gasteiger partial charge on any atom is 0.0218 e. The Morgan fingerprint density at radius 1 is 1.54 bits per heavy atom. The molecule has 1 rings (SSSR count). The van der Waals surface area contributed by atoms with Crippen LogP contribution in [-0.2, 0) is 0 Å². The second kappa shape index (κ2) is 4.97. The van der Waals surface area contributed by atoms with Gasteiger partial charge in [0.05, 0.1) is 0 Å². The van der Waals surface area contributed by atoms with Crippen LogP contribution in [0.1, 0.15) is 40.0 Å². The molecule has 0 aromatic carbocycles. The quantitative estimate of drug-likeness (QED) is 0.725. The molecule has 1 heterocycles. The first-order chi connectivity index (χ1) is 6.15. The van der Waals surface area contributed by atoms with Crippen molar-refractivity contribution in [2.45, 2.75) is 52.1 Å². The highest BCUT2D eigenvalue weighted by molar-refractivity contribution is 4.81. The van der Waals surface area contributed by atoms with Crippen LogP contribution in [0, 0.1) is 5.92 Å². The topological polar surface area (TPSA) is 29.3 Å². The van der Waals surface area contributed by atoms with Gasteiger partial charge in [0.25, 0.3) is 0 Å². The van der Waals surface area contributed by atoms with E-state index in [0.717, 1.165) is 12.3 Å². The monoisotopic (exact) mass is 184 g/mol. The van der Waals surface area contributed by atoms with E-state index in [1.165, 1.54) is 25.9 Å². The Morgan fingerprint density at radius 2 is 2.23 bits per heavy atom. The minimum absolute atomic E-state index is 0.352. The molecule has 78 valence electrons. The van der Waals surface area contributed by atoms with Gasteiger partial charge in [-0.25, -0.2) is 0 Å². The first-order valence-electron chi connectivity index (χ1n) is 5.64. The van der Waals surface area contributed by atoms with Crippen molar-refractivity contribution in [1.82, 2.24) is 4.90 Å². The third-order valence-electron chi connectivity index (χ3n) is 3.36. The molecule has 3 atom stereocenters. The molecular formula is C11H24N2. The van der Waals surface area contributed by atoms with Crippen molar-refractivity contribution in [2.75, 3.05) is 13.1 Å². The average Bonchev–Trinajstić information content (AvgIpc) is 2.15. The van der Waals surface area contributed by atoms with Crippen LogP contribution in [0.15, 0.2) is 0 Å². The summed E-state index contributed by atoms with van der Waals surface area (Å²) in [5, 5.41) is 0. The number of hydrogen-bond donors (Lipinski definition) is 1. The minimum Gasteiger partial charge on any atom is -0.326 e. The Labute approximate surface area is 82.5 Å². The molecule has 1 saturated heterocycles. The predicted octanol–water partition coefficient (Wildman–Crippen LogP) is 1.84. The summed E-state index contributed by atoms with van der Waals surface area (Å²) in [4.78, 5) is 2.56. The van der Waals surface area contributed by atoms with Crippen molar-refractivity contribution >= 4 is 0 Å². The first-order valence-corrected chi connectivity index (χ1v) is 5.64. The Hall–Kier alpha value is -0.0800. The molecule has 0 bridgehead atoms. The van der Waals surface area contributed by atoms with Gasteiger partial charge in [-0.2, -0.15) is 0 Å². The van der Waals surface area contributed by atoms with E-state index in [-0.39, 0.29) is 0 Å². The fourth-order valence-electron chi connectivity index (χ4n) is 2.21. The lowest BCUT2D eigenvalue weighted by atomic mass is 9.96. The summed E-state index contributed by atoms with van der Waals surface area (Å²) in [6, 6.07) is 0.915. The summed E-state index contributed by atoms with van der Waals surface area (Å²) >= 11 is 0. The number of likely N-dealkylation sites (tertiary alicyclic amines) is 1. The summed E-state index contributed by atoms with van der Waals surface area (Å²) in [6.07, 6.45) is 3.83. The number of piperidine rings is 1. The van der Waals surface area contributed by atoms with Crippen molar-refractivity contribution < 1.29 is 0 Å². The van der Waals surface area contributed by atoms with E-state index < -0.39 is 0 Å². The smallest absolute Gasteiger partial charge is 0.0218 e. The zero-order valence-electron chi connectivity index (χ0n) is 9.29.